The first-order valence-electron chi connectivity index (χ1n) is 11.2. The van der Waals surface area contributed by atoms with Crippen molar-refractivity contribution < 1.29 is 4.79 Å². The fourth-order valence-electron chi connectivity index (χ4n) is 4.50. The maximum atomic E-state index is 11.5. The monoisotopic (exact) mass is 495 g/mol. The molecule has 1 fully saturated rings. The van der Waals surface area contributed by atoms with Crippen molar-refractivity contribution in [2.75, 3.05) is 25.5 Å². The first kappa shape index (κ1) is 23.0. The molecule has 0 spiro atoms. The highest BCUT2D eigenvalue weighted by molar-refractivity contribution is 8.08. The van der Waals surface area contributed by atoms with Gasteiger partial charge < -0.3 is 20.5 Å². The summed E-state index contributed by atoms with van der Waals surface area (Å²) in [6.45, 7) is 3.51. The van der Waals surface area contributed by atoms with Crippen LogP contribution in [0.25, 0.3) is 4.91 Å². The van der Waals surface area contributed by atoms with E-state index in [9.17, 15) is 4.79 Å². The number of benzene rings is 1. The molecule has 0 aliphatic carbocycles. The molecule has 0 radical (unpaired) electrons. The fraction of sp³-hybridized carbons (Fsp3) is 0.333. The largest absolute Gasteiger partial charge is 0.327 e. The van der Waals surface area contributed by atoms with Gasteiger partial charge in [0.1, 0.15) is 12.1 Å². The van der Waals surface area contributed by atoms with Gasteiger partial charge in [0, 0.05) is 42.5 Å². The molecule has 3 N–H and O–H groups in total. The van der Waals surface area contributed by atoms with Crippen LogP contribution in [-0.2, 0) is 4.79 Å². The summed E-state index contributed by atoms with van der Waals surface area (Å²) in [4.78, 5) is 22.4. The van der Waals surface area contributed by atoms with E-state index in [2.05, 4.69) is 54.9 Å². The molecule has 34 heavy (non-hydrogen) atoms. The Balaban J connectivity index is 1.50. The van der Waals surface area contributed by atoms with Crippen LogP contribution in [0.4, 0.5) is 5.82 Å². The average molecular weight is 496 g/mol. The van der Waals surface area contributed by atoms with Crippen LogP contribution in [0, 0.1) is 0 Å². The quantitative estimate of drug-likeness (QED) is 0.455. The lowest BCUT2D eigenvalue weighted by Crippen LogP contribution is -2.56. The van der Waals surface area contributed by atoms with Gasteiger partial charge in [0.2, 0.25) is 5.91 Å². The van der Waals surface area contributed by atoms with Gasteiger partial charge in [-0.25, -0.2) is 4.98 Å². The average Bonchev–Trinajstić information content (AvgIpc) is 3.46. The van der Waals surface area contributed by atoms with Gasteiger partial charge in [0.15, 0.2) is 5.82 Å². The van der Waals surface area contributed by atoms with Crippen molar-refractivity contribution in [3.05, 3.63) is 76.5 Å². The molecule has 1 aromatic carbocycles. The van der Waals surface area contributed by atoms with Crippen molar-refractivity contribution in [1.82, 2.24) is 30.4 Å². The summed E-state index contributed by atoms with van der Waals surface area (Å²) in [5, 5.41) is 15.9. The zero-order valence-electron chi connectivity index (χ0n) is 19.0. The standard InChI is InChI=1S/C24H26ClN7OS/c1-14(33)29-21-9-16(7-8-26-21)20-10-19(23(34-20)24-27-13-28-31-24)22(30-18-11-32(2)12-18)15-3-5-17(25)6-4-15/h3-9,13,18,20,22,30H,10-12H2,1-2H3,(H,26,29,33)(H,27,28,31). The van der Waals surface area contributed by atoms with Gasteiger partial charge in [0.05, 0.1) is 10.9 Å². The van der Waals surface area contributed by atoms with Gasteiger partial charge in [-0.05, 0) is 54.4 Å². The van der Waals surface area contributed by atoms with E-state index < -0.39 is 0 Å². The van der Waals surface area contributed by atoms with E-state index in [0.717, 1.165) is 40.8 Å². The molecule has 1 amide bonds. The smallest absolute Gasteiger partial charge is 0.222 e. The first-order valence-corrected chi connectivity index (χ1v) is 12.4. The zero-order chi connectivity index (χ0) is 23.7. The second kappa shape index (κ2) is 9.87. The number of hydrogen-bond donors (Lipinski definition) is 3. The molecule has 2 aromatic heterocycles. The van der Waals surface area contributed by atoms with Crippen LogP contribution in [0.2, 0.25) is 5.02 Å². The lowest BCUT2D eigenvalue weighted by molar-refractivity contribution is -0.114. The van der Waals surface area contributed by atoms with E-state index in [1.807, 2.05) is 24.3 Å². The Morgan fingerprint density at radius 1 is 1.26 bits per heavy atom. The summed E-state index contributed by atoms with van der Waals surface area (Å²) < 4.78 is 0. The number of hydrogen-bond acceptors (Lipinski definition) is 7. The Morgan fingerprint density at radius 2 is 2.06 bits per heavy atom. The number of thioether (sulfide) groups is 1. The van der Waals surface area contributed by atoms with Crippen LogP contribution < -0.4 is 10.6 Å². The zero-order valence-corrected chi connectivity index (χ0v) is 20.5. The summed E-state index contributed by atoms with van der Waals surface area (Å²) in [5.41, 5.74) is 3.54. The molecule has 2 aliphatic rings. The maximum Gasteiger partial charge on any atom is 0.222 e. The van der Waals surface area contributed by atoms with Crippen LogP contribution in [0.3, 0.4) is 0 Å². The molecule has 4 heterocycles. The number of H-pyrrole nitrogens is 1. The van der Waals surface area contributed by atoms with Crippen LogP contribution in [0.1, 0.15) is 41.6 Å². The van der Waals surface area contributed by atoms with Gasteiger partial charge in [-0.3, -0.25) is 4.79 Å². The number of amides is 1. The Kier molecular flexibility index (Phi) is 6.69. The van der Waals surface area contributed by atoms with Gasteiger partial charge in [-0.1, -0.05) is 23.7 Å². The molecular formula is C24H26ClN7OS. The molecule has 8 nitrogen and oxygen atoms in total. The molecule has 0 saturated carbocycles. The minimum atomic E-state index is -0.137. The van der Waals surface area contributed by atoms with Crippen molar-refractivity contribution >= 4 is 40.0 Å². The third-order valence-corrected chi connectivity index (χ3v) is 7.73. The summed E-state index contributed by atoms with van der Waals surface area (Å²) in [6, 6.07) is 12.4. The van der Waals surface area contributed by atoms with E-state index in [4.69, 9.17) is 11.6 Å². The summed E-state index contributed by atoms with van der Waals surface area (Å²) in [7, 11) is 2.13. The fourth-order valence-corrected chi connectivity index (χ4v) is 6.02. The predicted molar refractivity (Wildman–Crippen MR) is 135 cm³/mol. The van der Waals surface area contributed by atoms with E-state index in [1.165, 1.54) is 18.1 Å². The Bertz CT molecular complexity index is 1190. The van der Waals surface area contributed by atoms with Crippen LogP contribution in [0.5, 0.6) is 0 Å². The third-order valence-electron chi connectivity index (χ3n) is 6.07. The first-order chi connectivity index (χ1) is 16.5. The van der Waals surface area contributed by atoms with E-state index >= 15 is 0 Å². The number of likely N-dealkylation sites (tertiary alicyclic amines) is 1. The number of carbonyl (C=O) groups is 1. The summed E-state index contributed by atoms with van der Waals surface area (Å²) in [6.07, 6.45) is 4.18. The Morgan fingerprint density at radius 3 is 2.74 bits per heavy atom. The highest BCUT2D eigenvalue weighted by Gasteiger charge is 2.36. The number of aromatic amines is 1. The van der Waals surface area contributed by atoms with Crippen LogP contribution >= 0.6 is 23.4 Å². The Labute approximate surface area is 207 Å². The minimum Gasteiger partial charge on any atom is -0.327 e. The molecule has 0 bridgehead atoms. The molecule has 10 heteroatoms. The normalized spacial score (nSPS) is 19.8. The number of halogens is 1. The number of nitrogens with one attached hydrogen (secondary N) is 3. The van der Waals surface area contributed by atoms with E-state index in [0.29, 0.717) is 11.9 Å². The molecule has 2 unspecified atom stereocenters. The number of likely N-dealkylation sites (N-methyl/N-ethyl adjacent to an activating group) is 1. The highest BCUT2D eigenvalue weighted by atomic mass is 35.5. The molecule has 3 aromatic rings. The number of anilines is 1. The molecule has 2 aliphatic heterocycles. The minimum absolute atomic E-state index is 0.0187. The third kappa shape index (κ3) is 5.02. The van der Waals surface area contributed by atoms with Crippen molar-refractivity contribution in [1.29, 1.82) is 0 Å². The summed E-state index contributed by atoms with van der Waals surface area (Å²) >= 11 is 7.97. The number of aromatic nitrogens is 4. The SMILES string of the molecule is CC(=O)Nc1cc(C2CC(C(NC3CN(C)C3)c3ccc(Cl)cc3)=C(c3nnc[nH]3)S2)ccn1. The number of nitrogens with zero attached hydrogens (tertiary/aromatic N) is 4. The van der Waals surface area contributed by atoms with Crippen molar-refractivity contribution in [2.45, 2.75) is 30.7 Å². The van der Waals surface area contributed by atoms with Gasteiger partial charge in [-0.15, -0.1) is 22.0 Å². The molecule has 5 rings (SSSR count). The van der Waals surface area contributed by atoms with Crippen molar-refractivity contribution in [2.24, 2.45) is 0 Å². The van der Waals surface area contributed by atoms with Crippen LogP contribution in [0.15, 0.2) is 54.5 Å². The molecular weight excluding hydrogens is 470 g/mol. The van der Waals surface area contributed by atoms with Gasteiger partial charge in [0.25, 0.3) is 0 Å². The van der Waals surface area contributed by atoms with Gasteiger partial charge >= 0.3 is 0 Å². The van der Waals surface area contributed by atoms with Crippen molar-refractivity contribution in [3.8, 4) is 0 Å². The summed E-state index contributed by atoms with van der Waals surface area (Å²) in [5.74, 6) is 1.19. The van der Waals surface area contributed by atoms with E-state index in [-0.39, 0.29) is 17.2 Å². The molecule has 2 atom stereocenters. The maximum absolute atomic E-state index is 11.5. The van der Waals surface area contributed by atoms with E-state index in [1.54, 1.807) is 24.3 Å². The van der Waals surface area contributed by atoms with Crippen molar-refractivity contribution in [3.63, 3.8) is 0 Å². The second-order valence-electron chi connectivity index (χ2n) is 8.73. The highest BCUT2D eigenvalue weighted by Crippen LogP contribution is 2.54. The predicted octanol–water partition coefficient (Wildman–Crippen LogP) is 4.05. The Hall–Kier alpha value is -2.72. The lowest BCUT2D eigenvalue weighted by atomic mass is 9.91. The number of rotatable bonds is 7. The topological polar surface area (TPSA) is 98.8 Å². The number of pyridine rings is 1. The molecule has 1 saturated heterocycles. The number of carbonyl (C=O) groups excluding carboxylic acids is 1. The lowest BCUT2D eigenvalue weighted by Gasteiger charge is -2.40. The second-order valence-corrected chi connectivity index (χ2v) is 10.4. The van der Waals surface area contributed by atoms with Gasteiger partial charge in [-0.2, -0.15) is 0 Å². The molecule has 176 valence electrons. The van der Waals surface area contributed by atoms with Crippen LogP contribution in [-0.4, -0.2) is 57.2 Å².